The first-order valence-electron chi connectivity index (χ1n) is 7.16. The van der Waals surface area contributed by atoms with E-state index in [0.717, 1.165) is 25.6 Å². The topological polar surface area (TPSA) is 39.0 Å². The van der Waals surface area contributed by atoms with Crippen LogP contribution in [0.15, 0.2) is 17.2 Å². The van der Waals surface area contributed by atoms with E-state index in [2.05, 4.69) is 5.32 Å². The molecule has 0 unspecified atom stereocenters. The summed E-state index contributed by atoms with van der Waals surface area (Å²) in [6.07, 6.45) is 9.29. The Morgan fingerprint density at radius 3 is 2.67 bits per heavy atom. The third-order valence-electron chi connectivity index (χ3n) is 3.87. The highest BCUT2D eigenvalue weighted by atomic mass is 16.1. The lowest BCUT2D eigenvalue weighted by molar-refractivity contribution is 0.470. The fraction of sp³-hybridized carbons (Fsp3) is 0.786. The second-order valence-electron chi connectivity index (χ2n) is 5.63. The van der Waals surface area contributed by atoms with Crippen molar-refractivity contribution in [3.63, 3.8) is 0 Å². The number of rotatable bonds is 6. The van der Waals surface area contributed by atoms with Crippen LogP contribution in [-0.4, -0.2) is 22.2 Å². The molecule has 4 heteroatoms. The zero-order chi connectivity index (χ0) is 13.0. The molecule has 1 aliphatic rings. The van der Waals surface area contributed by atoms with Gasteiger partial charge in [0.25, 0.3) is 0 Å². The van der Waals surface area contributed by atoms with Crippen molar-refractivity contribution in [2.45, 2.75) is 52.1 Å². The van der Waals surface area contributed by atoms with Crippen LogP contribution in [-0.2, 0) is 6.54 Å². The Balaban J connectivity index is 1.74. The Morgan fingerprint density at radius 2 is 2.06 bits per heavy atom. The van der Waals surface area contributed by atoms with E-state index >= 15 is 0 Å². The van der Waals surface area contributed by atoms with E-state index in [1.54, 1.807) is 9.13 Å². The SMILES string of the molecule is CC(C)n1ccn(CCNCC2CCCC2)c1=O. The first kappa shape index (κ1) is 13.4. The second-order valence-corrected chi connectivity index (χ2v) is 5.63. The van der Waals surface area contributed by atoms with E-state index in [1.165, 1.54) is 25.7 Å². The van der Waals surface area contributed by atoms with Gasteiger partial charge in [0.1, 0.15) is 0 Å². The van der Waals surface area contributed by atoms with E-state index in [1.807, 2.05) is 26.2 Å². The number of imidazole rings is 1. The van der Waals surface area contributed by atoms with Crippen LogP contribution in [0.25, 0.3) is 0 Å². The molecule has 1 aromatic heterocycles. The minimum absolute atomic E-state index is 0.104. The Morgan fingerprint density at radius 1 is 1.33 bits per heavy atom. The van der Waals surface area contributed by atoms with Crippen LogP contribution in [0.5, 0.6) is 0 Å². The summed E-state index contributed by atoms with van der Waals surface area (Å²) in [7, 11) is 0. The molecule has 0 atom stereocenters. The lowest BCUT2D eigenvalue weighted by Crippen LogP contribution is -2.30. The number of hydrogen-bond acceptors (Lipinski definition) is 2. The molecule has 1 fully saturated rings. The first-order valence-corrected chi connectivity index (χ1v) is 7.16. The molecule has 0 spiro atoms. The van der Waals surface area contributed by atoms with Crippen LogP contribution in [0.2, 0.25) is 0 Å². The summed E-state index contributed by atoms with van der Waals surface area (Å²) in [5.41, 5.74) is 0.104. The van der Waals surface area contributed by atoms with Crippen LogP contribution >= 0.6 is 0 Å². The number of aromatic nitrogens is 2. The molecule has 18 heavy (non-hydrogen) atoms. The van der Waals surface area contributed by atoms with E-state index in [0.29, 0.717) is 0 Å². The molecule has 1 aliphatic carbocycles. The van der Waals surface area contributed by atoms with Gasteiger partial charge >= 0.3 is 5.69 Å². The van der Waals surface area contributed by atoms with Crippen LogP contribution < -0.4 is 11.0 Å². The fourth-order valence-electron chi connectivity index (χ4n) is 2.71. The fourth-order valence-corrected chi connectivity index (χ4v) is 2.71. The Hall–Kier alpha value is -1.03. The lowest BCUT2D eigenvalue weighted by atomic mass is 10.1. The summed E-state index contributed by atoms with van der Waals surface area (Å²) < 4.78 is 3.57. The van der Waals surface area contributed by atoms with Crippen LogP contribution in [0, 0.1) is 5.92 Å². The van der Waals surface area contributed by atoms with Crippen LogP contribution in [0.4, 0.5) is 0 Å². The summed E-state index contributed by atoms with van der Waals surface area (Å²) in [5.74, 6) is 0.863. The average Bonchev–Trinajstić information content (AvgIpc) is 2.95. The first-order chi connectivity index (χ1) is 8.68. The van der Waals surface area contributed by atoms with Gasteiger partial charge in [-0.05, 0) is 39.2 Å². The van der Waals surface area contributed by atoms with Gasteiger partial charge in [-0.1, -0.05) is 12.8 Å². The molecule has 0 amide bonds. The van der Waals surface area contributed by atoms with E-state index in [4.69, 9.17) is 0 Å². The number of hydrogen-bond donors (Lipinski definition) is 1. The Labute approximate surface area is 109 Å². The molecule has 0 radical (unpaired) electrons. The second kappa shape index (κ2) is 6.23. The van der Waals surface area contributed by atoms with Gasteiger partial charge in [-0.15, -0.1) is 0 Å². The van der Waals surface area contributed by atoms with Crippen LogP contribution in [0.1, 0.15) is 45.6 Å². The molecule has 0 aromatic carbocycles. The van der Waals surface area contributed by atoms with Gasteiger partial charge in [0.05, 0.1) is 0 Å². The minimum Gasteiger partial charge on any atom is -0.315 e. The number of nitrogens with zero attached hydrogens (tertiary/aromatic N) is 2. The van der Waals surface area contributed by atoms with Crippen molar-refractivity contribution in [1.29, 1.82) is 0 Å². The molecular weight excluding hydrogens is 226 g/mol. The van der Waals surface area contributed by atoms with Crippen molar-refractivity contribution in [3.05, 3.63) is 22.9 Å². The molecule has 1 N–H and O–H groups in total. The Kier molecular flexibility index (Phi) is 4.64. The smallest absolute Gasteiger partial charge is 0.315 e. The normalized spacial score (nSPS) is 16.8. The molecule has 1 aromatic rings. The standard InChI is InChI=1S/C14H25N3O/c1-12(2)17-10-9-16(14(17)18)8-7-15-11-13-5-3-4-6-13/h9-10,12-13,15H,3-8,11H2,1-2H3. The highest BCUT2D eigenvalue weighted by molar-refractivity contribution is 4.84. The predicted octanol–water partition coefficient (Wildman–Crippen LogP) is 2.01. The lowest BCUT2D eigenvalue weighted by Gasteiger charge is -2.10. The molecule has 1 heterocycles. The summed E-state index contributed by atoms with van der Waals surface area (Å²) in [5, 5.41) is 3.47. The predicted molar refractivity (Wildman–Crippen MR) is 73.9 cm³/mol. The van der Waals surface area contributed by atoms with E-state index in [-0.39, 0.29) is 11.7 Å². The summed E-state index contributed by atoms with van der Waals surface area (Å²) in [6, 6.07) is 0.241. The largest absolute Gasteiger partial charge is 0.328 e. The van der Waals surface area contributed by atoms with Gasteiger partial charge in [0.2, 0.25) is 0 Å². The molecule has 102 valence electrons. The summed E-state index contributed by atoms with van der Waals surface area (Å²) in [4.78, 5) is 12.0. The number of nitrogens with one attached hydrogen (secondary N) is 1. The molecular formula is C14H25N3O. The molecule has 2 rings (SSSR count). The average molecular weight is 251 g/mol. The van der Waals surface area contributed by atoms with E-state index < -0.39 is 0 Å². The third-order valence-corrected chi connectivity index (χ3v) is 3.87. The van der Waals surface area contributed by atoms with Crippen molar-refractivity contribution < 1.29 is 0 Å². The van der Waals surface area contributed by atoms with Gasteiger partial charge in [-0.2, -0.15) is 0 Å². The minimum atomic E-state index is 0.104. The van der Waals surface area contributed by atoms with E-state index in [9.17, 15) is 4.79 Å². The highest BCUT2D eigenvalue weighted by Gasteiger charge is 2.13. The monoisotopic (exact) mass is 251 g/mol. The molecule has 0 aliphatic heterocycles. The quantitative estimate of drug-likeness (QED) is 0.786. The van der Waals surface area contributed by atoms with Crippen LogP contribution in [0.3, 0.4) is 0 Å². The summed E-state index contributed by atoms with van der Waals surface area (Å²) >= 11 is 0. The molecule has 4 nitrogen and oxygen atoms in total. The summed E-state index contributed by atoms with van der Waals surface area (Å²) in [6.45, 7) is 6.83. The Bertz CT molecular complexity index is 413. The maximum atomic E-state index is 12.0. The van der Waals surface area contributed by atoms with Crippen molar-refractivity contribution in [1.82, 2.24) is 14.5 Å². The zero-order valence-electron chi connectivity index (χ0n) is 11.6. The zero-order valence-corrected chi connectivity index (χ0v) is 11.6. The van der Waals surface area contributed by atoms with Crippen molar-refractivity contribution in [2.75, 3.05) is 13.1 Å². The van der Waals surface area contributed by atoms with Gasteiger partial charge in [0.15, 0.2) is 0 Å². The van der Waals surface area contributed by atoms with Gasteiger partial charge < -0.3 is 5.32 Å². The van der Waals surface area contributed by atoms with Crippen molar-refractivity contribution in [2.24, 2.45) is 5.92 Å². The maximum absolute atomic E-state index is 12.0. The maximum Gasteiger partial charge on any atom is 0.328 e. The van der Waals surface area contributed by atoms with Crippen molar-refractivity contribution >= 4 is 0 Å². The van der Waals surface area contributed by atoms with Gasteiger partial charge in [-0.3, -0.25) is 9.13 Å². The van der Waals surface area contributed by atoms with Gasteiger partial charge in [-0.25, -0.2) is 4.79 Å². The highest BCUT2D eigenvalue weighted by Crippen LogP contribution is 2.23. The van der Waals surface area contributed by atoms with Crippen molar-refractivity contribution in [3.8, 4) is 0 Å². The third kappa shape index (κ3) is 3.25. The van der Waals surface area contributed by atoms with Gasteiger partial charge in [0, 0.05) is 31.5 Å². The molecule has 0 bridgehead atoms. The molecule has 1 saturated carbocycles. The molecule has 0 saturated heterocycles.